The number of allylic oxidation sites excluding steroid dienone is 1. The van der Waals surface area contributed by atoms with Gasteiger partial charge in [0.1, 0.15) is 11.4 Å². The molecule has 3 heteroatoms. The van der Waals surface area contributed by atoms with Crippen LogP contribution in [0.4, 0.5) is 0 Å². The molecule has 0 bridgehead atoms. The van der Waals surface area contributed by atoms with Gasteiger partial charge in [-0.3, -0.25) is 9.59 Å². The Kier molecular flexibility index (Phi) is 2.43. The Hall–Kier alpha value is -1.90. The van der Waals surface area contributed by atoms with Crippen molar-refractivity contribution in [2.45, 2.75) is 32.8 Å². The summed E-state index contributed by atoms with van der Waals surface area (Å²) in [6.07, 6.45) is 0.598. The van der Waals surface area contributed by atoms with Crippen LogP contribution in [0.2, 0.25) is 0 Å². The quantitative estimate of drug-likeness (QED) is 0.670. The van der Waals surface area contributed by atoms with Crippen LogP contribution in [0.5, 0.6) is 0 Å². The van der Waals surface area contributed by atoms with Crippen LogP contribution in [0.3, 0.4) is 0 Å². The Morgan fingerprint density at radius 3 is 2.42 bits per heavy atom. The van der Waals surface area contributed by atoms with E-state index in [2.05, 4.69) is 0 Å². The van der Waals surface area contributed by atoms with Crippen molar-refractivity contribution in [3.63, 3.8) is 0 Å². The van der Waals surface area contributed by atoms with Crippen LogP contribution in [0.1, 0.15) is 43.1 Å². The molecule has 1 heterocycles. The third kappa shape index (κ3) is 1.65. The molecule has 1 aliphatic heterocycles. The van der Waals surface area contributed by atoms with Crippen molar-refractivity contribution in [3.8, 4) is 0 Å². The molecule has 0 spiro atoms. The van der Waals surface area contributed by atoms with Crippen LogP contribution >= 0.6 is 0 Å². The van der Waals surface area contributed by atoms with Gasteiger partial charge in [-0.05, 0) is 26.2 Å². The SMILES string of the molecule is CC1CC2=C(OC1(C)C)c1ccccc1C(=O)C2=O. The van der Waals surface area contributed by atoms with Gasteiger partial charge in [0.2, 0.25) is 11.6 Å². The monoisotopic (exact) mass is 256 g/mol. The predicted octanol–water partition coefficient (Wildman–Crippen LogP) is 3.00. The molecule has 0 aromatic heterocycles. The van der Waals surface area contributed by atoms with E-state index >= 15 is 0 Å². The molecule has 1 atom stereocenters. The Morgan fingerprint density at radius 2 is 1.74 bits per heavy atom. The smallest absolute Gasteiger partial charge is 0.234 e. The second-order valence-corrected chi connectivity index (χ2v) is 5.82. The minimum absolute atomic E-state index is 0.202. The Morgan fingerprint density at radius 1 is 1.11 bits per heavy atom. The van der Waals surface area contributed by atoms with Gasteiger partial charge in [-0.25, -0.2) is 0 Å². The summed E-state index contributed by atoms with van der Waals surface area (Å²) in [5, 5.41) is 0. The van der Waals surface area contributed by atoms with Gasteiger partial charge in [-0.2, -0.15) is 0 Å². The molecule has 0 fully saturated rings. The zero-order chi connectivity index (χ0) is 13.8. The van der Waals surface area contributed by atoms with Gasteiger partial charge in [0.25, 0.3) is 0 Å². The van der Waals surface area contributed by atoms with Crippen molar-refractivity contribution in [1.82, 2.24) is 0 Å². The zero-order valence-corrected chi connectivity index (χ0v) is 11.3. The Balaban J connectivity index is 2.23. The lowest BCUT2D eigenvalue weighted by Crippen LogP contribution is -2.40. The molecular weight excluding hydrogens is 240 g/mol. The van der Waals surface area contributed by atoms with E-state index in [1.54, 1.807) is 12.1 Å². The number of benzene rings is 1. The van der Waals surface area contributed by atoms with Gasteiger partial charge in [-0.15, -0.1) is 0 Å². The maximum absolute atomic E-state index is 12.2. The fraction of sp³-hybridized carbons (Fsp3) is 0.375. The van der Waals surface area contributed by atoms with E-state index in [1.165, 1.54) is 0 Å². The van der Waals surface area contributed by atoms with Crippen LogP contribution in [-0.2, 0) is 9.53 Å². The highest BCUT2D eigenvalue weighted by atomic mass is 16.5. The first-order valence-corrected chi connectivity index (χ1v) is 6.52. The van der Waals surface area contributed by atoms with E-state index in [0.717, 1.165) is 5.56 Å². The van der Waals surface area contributed by atoms with Crippen LogP contribution in [0.15, 0.2) is 29.8 Å². The van der Waals surface area contributed by atoms with Crippen molar-refractivity contribution in [3.05, 3.63) is 41.0 Å². The molecule has 1 aromatic carbocycles. The molecule has 1 aromatic rings. The first-order chi connectivity index (χ1) is 8.92. The summed E-state index contributed by atoms with van der Waals surface area (Å²) < 4.78 is 6.04. The molecule has 0 N–H and O–H groups in total. The Labute approximate surface area is 112 Å². The number of ketones is 2. The number of rotatable bonds is 0. The van der Waals surface area contributed by atoms with E-state index < -0.39 is 11.6 Å². The largest absolute Gasteiger partial charge is 0.486 e. The highest BCUT2D eigenvalue weighted by Gasteiger charge is 2.42. The number of Topliss-reactive ketones (excluding diaryl/α,β-unsaturated/α-hetero) is 2. The van der Waals surface area contributed by atoms with Gasteiger partial charge in [0, 0.05) is 16.7 Å². The van der Waals surface area contributed by atoms with Gasteiger partial charge in [0.05, 0.1) is 0 Å². The van der Waals surface area contributed by atoms with Gasteiger partial charge < -0.3 is 4.74 Å². The average Bonchev–Trinajstić information content (AvgIpc) is 2.38. The normalized spacial score (nSPS) is 24.7. The van der Waals surface area contributed by atoms with E-state index in [1.807, 2.05) is 32.9 Å². The molecule has 98 valence electrons. The third-order valence-corrected chi connectivity index (χ3v) is 4.23. The van der Waals surface area contributed by atoms with Crippen molar-refractivity contribution < 1.29 is 14.3 Å². The van der Waals surface area contributed by atoms with Gasteiger partial charge in [-0.1, -0.05) is 31.2 Å². The molecule has 0 radical (unpaired) electrons. The molecule has 0 amide bonds. The molecule has 1 aliphatic carbocycles. The van der Waals surface area contributed by atoms with Crippen LogP contribution in [0.25, 0.3) is 5.76 Å². The number of carbonyl (C=O) groups is 2. The molecule has 0 saturated heterocycles. The van der Waals surface area contributed by atoms with E-state index in [4.69, 9.17) is 4.74 Å². The van der Waals surface area contributed by atoms with Crippen molar-refractivity contribution in [2.75, 3.05) is 0 Å². The summed E-state index contributed by atoms with van der Waals surface area (Å²) >= 11 is 0. The lowest BCUT2D eigenvalue weighted by atomic mass is 9.77. The molecule has 3 rings (SSSR count). The Bertz CT molecular complexity index is 623. The fourth-order valence-electron chi connectivity index (χ4n) is 2.62. The van der Waals surface area contributed by atoms with Crippen molar-refractivity contribution in [2.24, 2.45) is 5.92 Å². The number of fused-ring (bicyclic) bond motifs is 2. The van der Waals surface area contributed by atoms with Crippen LogP contribution in [-0.4, -0.2) is 17.2 Å². The topological polar surface area (TPSA) is 43.4 Å². The second-order valence-electron chi connectivity index (χ2n) is 5.82. The lowest BCUT2D eigenvalue weighted by Gasteiger charge is -2.40. The van der Waals surface area contributed by atoms with E-state index in [9.17, 15) is 9.59 Å². The second kappa shape index (κ2) is 3.80. The minimum Gasteiger partial charge on any atom is -0.486 e. The van der Waals surface area contributed by atoms with Crippen molar-refractivity contribution in [1.29, 1.82) is 0 Å². The number of hydrogen-bond donors (Lipinski definition) is 0. The first-order valence-electron chi connectivity index (χ1n) is 6.52. The lowest BCUT2D eigenvalue weighted by molar-refractivity contribution is -0.113. The molecule has 0 saturated carbocycles. The summed E-state index contributed by atoms with van der Waals surface area (Å²) in [7, 11) is 0. The third-order valence-electron chi connectivity index (χ3n) is 4.23. The van der Waals surface area contributed by atoms with Crippen LogP contribution in [0, 0.1) is 5.92 Å². The average molecular weight is 256 g/mol. The fourth-order valence-corrected chi connectivity index (χ4v) is 2.62. The molecule has 19 heavy (non-hydrogen) atoms. The highest BCUT2D eigenvalue weighted by molar-refractivity contribution is 6.52. The van der Waals surface area contributed by atoms with E-state index in [-0.39, 0.29) is 11.5 Å². The number of hydrogen-bond acceptors (Lipinski definition) is 3. The first kappa shape index (κ1) is 12.2. The standard InChI is InChI=1S/C16H16O3/c1-9-8-12-14(18)13(17)10-6-4-5-7-11(10)15(12)19-16(9,2)3/h4-7,9H,8H2,1-3H3. The molecule has 1 unspecified atom stereocenters. The summed E-state index contributed by atoms with van der Waals surface area (Å²) in [5.74, 6) is -0.0162. The number of ether oxygens (including phenoxy) is 1. The highest BCUT2D eigenvalue weighted by Crippen LogP contribution is 2.43. The molecule has 3 nitrogen and oxygen atoms in total. The number of carbonyl (C=O) groups excluding carboxylic acids is 2. The van der Waals surface area contributed by atoms with Crippen LogP contribution < -0.4 is 0 Å². The van der Waals surface area contributed by atoms with Gasteiger partial charge >= 0.3 is 0 Å². The summed E-state index contributed by atoms with van der Waals surface area (Å²) in [6.45, 7) is 6.08. The summed E-state index contributed by atoms with van der Waals surface area (Å²) in [6, 6.07) is 7.17. The maximum Gasteiger partial charge on any atom is 0.234 e. The van der Waals surface area contributed by atoms with Gasteiger partial charge in [0.15, 0.2) is 0 Å². The summed E-state index contributed by atoms with van der Waals surface area (Å²) in [5.41, 5.74) is 1.42. The zero-order valence-electron chi connectivity index (χ0n) is 11.3. The maximum atomic E-state index is 12.2. The minimum atomic E-state index is -0.412. The predicted molar refractivity (Wildman–Crippen MR) is 71.6 cm³/mol. The molecular formula is C16H16O3. The summed E-state index contributed by atoms with van der Waals surface area (Å²) in [4.78, 5) is 24.3. The van der Waals surface area contributed by atoms with E-state index in [0.29, 0.717) is 23.3 Å². The van der Waals surface area contributed by atoms with Crippen molar-refractivity contribution >= 4 is 17.3 Å². The molecule has 2 aliphatic rings.